The van der Waals surface area contributed by atoms with Crippen LogP contribution in [-0.2, 0) is 10.2 Å². The van der Waals surface area contributed by atoms with Gasteiger partial charge < -0.3 is 5.73 Å². The van der Waals surface area contributed by atoms with Crippen LogP contribution in [-0.4, -0.2) is 30.8 Å². The Bertz CT molecular complexity index is 958. The van der Waals surface area contributed by atoms with Crippen LogP contribution in [0.25, 0.3) is 22.6 Å². The molecule has 7 nitrogen and oxygen atoms in total. The molecule has 0 atom stereocenters. The number of carbonyl (C=O) groups excluding carboxylic acids is 1. The molecule has 8 heteroatoms. The normalized spacial score (nSPS) is 14.9. The Hall–Kier alpha value is -3.29. The van der Waals surface area contributed by atoms with Gasteiger partial charge in [0.25, 0.3) is 0 Å². The molecule has 3 heterocycles. The summed E-state index contributed by atoms with van der Waals surface area (Å²) in [6, 6.07) is 1.51. The molecule has 0 saturated heterocycles. The van der Waals surface area contributed by atoms with E-state index in [1.165, 1.54) is 37.1 Å². The van der Waals surface area contributed by atoms with Crippen molar-refractivity contribution in [3.8, 4) is 22.6 Å². The van der Waals surface area contributed by atoms with E-state index in [-0.39, 0.29) is 5.56 Å². The highest BCUT2D eigenvalue weighted by Gasteiger charge is 2.52. The van der Waals surface area contributed by atoms with Gasteiger partial charge in [-0.2, -0.15) is 0 Å². The standard InChI is InChI=1S/C17H13FN6O/c18-11-7-20-4-1-10(11)14-15(12-8-21-5-6-22-12)24-13(9-23-14)17(2-3-17)16(19)25/h1,4-9H,2-3H2,(H2,19,25). The van der Waals surface area contributed by atoms with Crippen LogP contribution in [0.1, 0.15) is 18.5 Å². The highest BCUT2D eigenvalue weighted by Crippen LogP contribution is 2.47. The largest absolute Gasteiger partial charge is 0.369 e. The molecule has 1 aliphatic carbocycles. The van der Waals surface area contributed by atoms with Crippen molar-refractivity contribution < 1.29 is 9.18 Å². The van der Waals surface area contributed by atoms with Gasteiger partial charge >= 0.3 is 0 Å². The zero-order valence-corrected chi connectivity index (χ0v) is 13.1. The fourth-order valence-electron chi connectivity index (χ4n) is 2.74. The highest BCUT2D eigenvalue weighted by atomic mass is 19.1. The quantitative estimate of drug-likeness (QED) is 0.776. The molecule has 4 rings (SSSR count). The van der Waals surface area contributed by atoms with E-state index in [1.807, 2.05) is 0 Å². The van der Waals surface area contributed by atoms with Gasteiger partial charge in [-0.1, -0.05) is 0 Å². The van der Waals surface area contributed by atoms with E-state index in [1.54, 1.807) is 0 Å². The zero-order valence-electron chi connectivity index (χ0n) is 13.1. The average Bonchev–Trinajstić information content (AvgIpc) is 3.45. The molecule has 1 amide bonds. The van der Waals surface area contributed by atoms with Crippen molar-refractivity contribution in [1.29, 1.82) is 0 Å². The van der Waals surface area contributed by atoms with Gasteiger partial charge in [-0.15, -0.1) is 0 Å². The van der Waals surface area contributed by atoms with Gasteiger partial charge in [-0.3, -0.25) is 24.7 Å². The molecule has 0 bridgehead atoms. The van der Waals surface area contributed by atoms with E-state index >= 15 is 0 Å². The summed E-state index contributed by atoms with van der Waals surface area (Å²) in [4.78, 5) is 32.7. The lowest BCUT2D eigenvalue weighted by Gasteiger charge is -2.14. The van der Waals surface area contributed by atoms with E-state index in [2.05, 4.69) is 24.9 Å². The molecule has 0 aromatic carbocycles. The van der Waals surface area contributed by atoms with Crippen molar-refractivity contribution in [2.45, 2.75) is 18.3 Å². The number of aromatic nitrogens is 5. The first-order valence-electron chi connectivity index (χ1n) is 7.65. The maximum absolute atomic E-state index is 14.2. The minimum atomic E-state index is -0.792. The van der Waals surface area contributed by atoms with Crippen molar-refractivity contribution >= 4 is 5.91 Å². The van der Waals surface area contributed by atoms with Crippen molar-refractivity contribution in [2.75, 3.05) is 0 Å². The van der Waals surface area contributed by atoms with Crippen molar-refractivity contribution in [3.05, 3.63) is 54.8 Å². The fourth-order valence-corrected chi connectivity index (χ4v) is 2.74. The number of hydrogen-bond acceptors (Lipinski definition) is 6. The Kier molecular flexibility index (Phi) is 3.45. The molecule has 1 saturated carbocycles. The Morgan fingerprint density at radius 2 is 1.84 bits per heavy atom. The molecule has 3 aromatic heterocycles. The number of primary amides is 1. The lowest BCUT2D eigenvalue weighted by Crippen LogP contribution is -2.29. The maximum atomic E-state index is 14.2. The molecular formula is C17H13FN6O. The summed E-state index contributed by atoms with van der Waals surface area (Å²) in [6.45, 7) is 0. The molecule has 3 aromatic rings. The van der Waals surface area contributed by atoms with E-state index in [9.17, 15) is 9.18 Å². The molecule has 124 valence electrons. The first-order valence-corrected chi connectivity index (χ1v) is 7.65. The van der Waals surface area contributed by atoms with Crippen LogP contribution in [0.3, 0.4) is 0 Å². The number of rotatable bonds is 4. The fraction of sp³-hybridized carbons (Fsp3) is 0.176. The third kappa shape index (κ3) is 2.51. The number of amides is 1. The second kappa shape index (κ2) is 5.66. The second-order valence-corrected chi connectivity index (χ2v) is 5.84. The number of nitrogens with two attached hydrogens (primary N) is 1. The molecular weight excluding hydrogens is 323 g/mol. The van der Waals surface area contributed by atoms with Crippen LogP contribution < -0.4 is 5.73 Å². The average molecular weight is 336 g/mol. The zero-order chi connectivity index (χ0) is 17.4. The minimum Gasteiger partial charge on any atom is -0.369 e. The SMILES string of the molecule is NC(=O)C1(c2cnc(-c3ccncc3F)c(-c3cnccn3)n2)CC1. The maximum Gasteiger partial charge on any atom is 0.229 e. The van der Waals surface area contributed by atoms with Gasteiger partial charge in [0.1, 0.15) is 17.1 Å². The first kappa shape index (κ1) is 15.3. The van der Waals surface area contributed by atoms with Gasteiger partial charge in [-0.25, -0.2) is 9.37 Å². The number of halogens is 1. The first-order chi connectivity index (χ1) is 12.1. The number of carbonyl (C=O) groups is 1. The van der Waals surface area contributed by atoms with Gasteiger partial charge in [0.15, 0.2) is 5.82 Å². The topological polar surface area (TPSA) is 108 Å². The van der Waals surface area contributed by atoms with Crippen LogP contribution >= 0.6 is 0 Å². The summed E-state index contributed by atoms with van der Waals surface area (Å²) in [5, 5.41) is 0. The van der Waals surface area contributed by atoms with E-state index in [4.69, 9.17) is 5.73 Å². The summed E-state index contributed by atoms with van der Waals surface area (Å²) < 4.78 is 14.2. The Labute approximate surface area is 142 Å². The summed E-state index contributed by atoms with van der Waals surface area (Å²) in [6.07, 6.45) is 9.86. The number of nitrogens with zero attached hydrogens (tertiary/aromatic N) is 5. The summed E-state index contributed by atoms with van der Waals surface area (Å²) in [5.41, 5.74) is 6.54. The third-order valence-corrected chi connectivity index (χ3v) is 4.32. The van der Waals surface area contributed by atoms with Crippen LogP contribution in [0.4, 0.5) is 4.39 Å². The molecule has 0 aliphatic heterocycles. The number of pyridine rings is 1. The van der Waals surface area contributed by atoms with Crippen LogP contribution in [0, 0.1) is 5.82 Å². The Morgan fingerprint density at radius 3 is 2.48 bits per heavy atom. The van der Waals surface area contributed by atoms with E-state index in [0.29, 0.717) is 35.6 Å². The molecule has 1 fully saturated rings. The Balaban J connectivity index is 1.94. The summed E-state index contributed by atoms with van der Waals surface area (Å²) in [5.74, 6) is -0.958. The van der Waals surface area contributed by atoms with Crippen molar-refractivity contribution in [2.24, 2.45) is 5.73 Å². The summed E-state index contributed by atoms with van der Waals surface area (Å²) in [7, 11) is 0. The van der Waals surface area contributed by atoms with E-state index in [0.717, 1.165) is 6.20 Å². The molecule has 1 aliphatic rings. The predicted octanol–water partition coefficient (Wildman–Crippen LogP) is 1.65. The van der Waals surface area contributed by atoms with Gasteiger partial charge in [-0.05, 0) is 18.9 Å². The molecule has 0 radical (unpaired) electrons. The van der Waals surface area contributed by atoms with Crippen molar-refractivity contribution in [3.63, 3.8) is 0 Å². The lowest BCUT2D eigenvalue weighted by molar-refractivity contribution is -0.120. The highest BCUT2D eigenvalue weighted by molar-refractivity contribution is 5.89. The van der Waals surface area contributed by atoms with Crippen LogP contribution in [0.5, 0.6) is 0 Å². The molecule has 2 N–H and O–H groups in total. The van der Waals surface area contributed by atoms with Crippen LogP contribution in [0.15, 0.2) is 43.2 Å². The van der Waals surface area contributed by atoms with E-state index < -0.39 is 17.1 Å². The molecule has 0 spiro atoms. The monoisotopic (exact) mass is 336 g/mol. The number of hydrogen-bond donors (Lipinski definition) is 1. The lowest BCUT2D eigenvalue weighted by atomic mass is 10.0. The van der Waals surface area contributed by atoms with Gasteiger partial charge in [0.05, 0.1) is 29.7 Å². The predicted molar refractivity (Wildman–Crippen MR) is 86.4 cm³/mol. The molecule has 0 unspecified atom stereocenters. The smallest absolute Gasteiger partial charge is 0.229 e. The van der Waals surface area contributed by atoms with Crippen molar-refractivity contribution in [1.82, 2.24) is 24.9 Å². The van der Waals surface area contributed by atoms with Crippen LogP contribution in [0.2, 0.25) is 0 Å². The summed E-state index contributed by atoms with van der Waals surface area (Å²) >= 11 is 0. The third-order valence-electron chi connectivity index (χ3n) is 4.32. The Morgan fingerprint density at radius 1 is 1.04 bits per heavy atom. The minimum absolute atomic E-state index is 0.249. The second-order valence-electron chi connectivity index (χ2n) is 5.84. The molecule has 25 heavy (non-hydrogen) atoms. The van der Waals surface area contributed by atoms with Gasteiger partial charge in [0.2, 0.25) is 5.91 Å². The van der Waals surface area contributed by atoms with Gasteiger partial charge in [0, 0.05) is 24.2 Å².